The summed E-state index contributed by atoms with van der Waals surface area (Å²) in [5.74, 6) is 1.61. The number of hydrogen-bond donors (Lipinski definition) is 1. The molecule has 0 radical (unpaired) electrons. The van der Waals surface area contributed by atoms with Crippen molar-refractivity contribution in [3.05, 3.63) is 16.4 Å². The van der Waals surface area contributed by atoms with Crippen molar-refractivity contribution in [1.29, 1.82) is 0 Å². The molecule has 1 aliphatic heterocycles. The molecule has 17 heavy (non-hydrogen) atoms. The molecule has 7 heteroatoms. The van der Waals surface area contributed by atoms with Gasteiger partial charge < -0.3 is 15.4 Å². The van der Waals surface area contributed by atoms with E-state index >= 15 is 0 Å². The second kappa shape index (κ2) is 5.39. The van der Waals surface area contributed by atoms with Crippen molar-refractivity contribution < 1.29 is 4.92 Å². The zero-order valence-corrected chi connectivity index (χ0v) is 10.6. The molecular weight excluding hydrogens is 240 g/mol. The van der Waals surface area contributed by atoms with Gasteiger partial charge in [-0.25, -0.2) is 0 Å². The van der Waals surface area contributed by atoms with Crippen LogP contribution in [0.4, 0.5) is 11.6 Å². The van der Waals surface area contributed by atoms with E-state index in [1.165, 1.54) is 31.3 Å². The summed E-state index contributed by atoms with van der Waals surface area (Å²) in [6.07, 6.45) is 5.19. The number of hydrogen-bond acceptors (Lipinski definition) is 5. The monoisotopic (exact) mass is 256 g/mol. The van der Waals surface area contributed by atoms with E-state index in [-0.39, 0.29) is 5.82 Å². The third-order valence-corrected chi connectivity index (χ3v) is 4.26. The average Bonchev–Trinajstić information content (AvgIpc) is 2.69. The van der Waals surface area contributed by atoms with Gasteiger partial charge in [0.1, 0.15) is 0 Å². The molecule has 0 saturated carbocycles. The van der Waals surface area contributed by atoms with Gasteiger partial charge in [-0.1, -0.05) is 6.42 Å². The molecule has 1 saturated heterocycles. The van der Waals surface area contributed by atoms with Crippen molar-refractivity contribution in [2.75, 3.05) is 17.6 Å². The standard InChI is InChI=1S/C10H16N4O2S/c1-13-7-12-10(14(15)16)9(13)11-6-8-4-2-3-5-17-8/h7-8,11H,2-6H2,1H3. The van der Waals surface area contributed by atoms with Gasteiger partial charge in [0, 0.05) is 18.8 Å². The zero-order valence-electron chi connectivity index (χ0n) is 9.76. The first kappa shape index (κ1) is 12.2. The summed E-state index contributed by atoms with van der Waals surface area (Å²) in [6.45, 7) is 0.769. The lowest BCUT2D eigenvalue weighted by molar-refractivity contribution is -0.388. The van der Waals surface area contributed by atoms with E-state index in [0.717, 1.165) is 6.54 Å². The summed E-state index contributed by atoms with van der Waals surface area (Å²) in [6, 6.07) is 0. The summed E-state index contributed by atoms with van der Waals surface area (Å²) < 4.78 is 1.66. The molecule has 1 N–H and O–H groups in total. The largest absolute Gasteiger partial charge is 0.406 e. The Morgan fingerprint density at radius 3 is 3.18 bits per heavy atom. The van der Waals surface area contributed by atoms with Gasteiger partial charge in [0.25, 0.3) is 0 Å². The summed E-state index contributed by atoms with van der Waals surface area (Å²) >= 11 is 1.94. The van der Waals surface area contributed by atoms with Crippen LogP contribution in [0.2, 0.25) is 0 Å². The van der Waals surface area contributed by atoms with Crippen LogP contribution in [-0.4, -0.2) is 32.0 Å². The molecule has 0 amide bonds. The second-order valence-corrected chi connectivity index (χ2v) is 5.56. The molecule has 94 valence electrons. The minimum Gasteiger partial charge on any atom is -0.363 e. The van der Waals surface area contributed by atoms with Crippen LogP contribution in [0.15, 0.2) is 6.33 Å². The molecule has 0 aliphatic carbocycles. The predicted molar refractivity (Wildman–Crippen MR) is 68.4 cm³/mol. The quantitative estimate of drug-likeness (QED) is 0.659. The van der Waals surface area contributed by atoms with Crippen LogP contribution in [-0.2, 0) is 7.05 Å². The third kappa shape index (κ3) is 2.91. The van der Waals surface area contributed by atoms with Crippen molar-refractivity contribution in [3.8, 4) is 0 Å². The van der Waals surface area contributed by atoms with E-state index in [2.05, 4.69) is 10.3 Å². The number of aromatic nitrogens is 2. The van der Waals surface area contributed by atoms with E-state index in [0.29, 0.717) is 11.1 Å². The van der Waals surface area contributed by atoms with E-state index in [1.807, 2.05) is 11.8 Å². The van der Waals surface area contributed by atoms with Gasteiger partial charge >= 0.3 is 5.82 Å². The number of nitrogens with zero attached hydrogens (tertiary/aromatic N) is 3. The van der Waals surface area contributed by atoms with E-state index < -0.39 is 4.92 Å². The van der Waals surface area contributed by atoms with Gasteiger partial charge in [0.05, 0.1) is 0 Å². The smallest absolute Gasteiger partial charge is 0.363 e. The van der Waals surface area contributed by atoms with Crippen molar-refractivity contribution >= 4 is 23.4 Å². The molecule has 1 aromatic rings. The minimum atomic E-state index is -0.448. The summed E-state index contributed by atoms with van der Waals surface area (Å²) in [5.41, 5.74) is 0. The first-order valence-electron chi connectivity index (χ1n) is 5.69. The highest BCUT2D eigenvalue weighted by atomic mass is 32.2. The number of anilines is 1. The summed E-state index contributed by atoms with van der Waals surface area (Å²) in [5, 5.41) is 14.5. The lowest BCUT2D eigenvalue weighted by Gasteiger charge is -2.21. The molecule has 1 fully saturated rings. The van der Waals surface area contributed by atoms with Crippen LogP contribution in [0, 0.1) is 10.1 Å². The Balaban J connectivity index is 1.97. The molecule has 0 aromatic carbocycles. The Kier molecular flexibility index (Phi) is 3.88. The molecule has 0 spiro atoms. The predicted octanol–water partition coefficient (Wildman–Crippen LogP) is 2.03. The van der Waals surface area contributed by atoms with Crippen molar-refractivity contribution in [2.45, 2.75) is 24.5 Å². The van der Waals surface area contributed by atoms with Gasteiger partial charge in [-0.15, -0.1) is 0 Å². The number of aryl methyl sites for hydroxylation is 1. The molecule has 1 atom stereocenters. The van der Waals surface area contributed by atoms with Gasteiger partial charge in [-0.2, -0.15) is 11.8 Å². The highest BCUT2D eigenvalue weighted by Crippen LogP contribution is 2.27. The SMILES string of the molecule is Cn1cnc([N+](=O)[O-])c1NCC1CCCCS1. The Labute approximate surface area is 104 Å². The summed E-state index contributed by atoms with van der Waals surface area (Å²) in [4.78, 5) is 14.1. The van der Waals surface area contributed by atoms with Crippen LogP contribution in [0.1, 0.15) is 19.3 Å². The molecule has 2 heterocycles. The number of thioether (sulfide) groups is 1. The topological polar surface area (TPSA) is 73.0 Å². The molecule has 1 unspecified atom stereocenters. The molecule has 0 bridgehead atoms. The van der Waals surface area contributed by atoms with Crippen molar-refractivity contribution in [3.63, 3.8) is 0 Å². The van der Waals surface area contributed by atoms with Gasteiger partial charge in [-0.05, 0) is 28.5 Å². The van der Waals surface area contributed by atoms with Crippen molar-refractivity contribution in [1.82, 2.24) is 9.55 Å². The van der Waals surface area contributed by atoms with E-state index in [1.54, 1.807) is 11.6 Å². The lowest BCUT2D eigenvalue weighted by atomic mass is 10.2. The molecule has 2 rings (SSSR count). The summed E-state index contributed by atoms with van der Waals surface area (Å²) in [7, 11) is 1.76. The highest BCUT2D eigenvalue weighted by Gasteiger charge is 2.21. The van der Waals surface area contributed by atoms with Gasteiger partial charge in [-0.3, -0.25) is 4.57 Å². The van der Waals surface area contributed by atoms with Crippen LogP contribution in [0.25, 0.3) is 0 Å². The lowest BCUT2D eigenvalue weighted by Crippen LogP contribution is -2.21. The molecular formula is C10H16N4O2S. The number of nitro groups is 1. The van der Waals surface area contributed by atoms with Crippen LogP contribution < -0.4 is 5.32 Å². The number of rotatable bonds is 4. The van der Waals surface area contributed by atoms with Gasteiger partial charge in [0.2, 0.25) is 12.1 Å². The number of imidazole rings is 1. The first-order valence-corrected chi connectivity index (χ1v) is 6.74. The molecule has 1 aliphatic rings. The Bertz CT molecular complexity index is 401. The fraction of sp³-hybridized carbons (Fsp3) is 0.700. The first-order chi connectivity index (χ1) is 8.18. The fourth-order valence-electron chi connectivity index (χ4n) is 1.93. The average molecular weight is 256 g/mol. The van der Waals surface area contributed by atoms with Gasteiger partial charge in [0.15, 0.2) is 0 Å². The number of nitrogens with one attached hydrogen (secondary N) is 1. The second-order valence-electron chi connectivity index (χ2n) is 4.15. The Morgan fingerprint density at radius 2 is 2.53 bits per heavy atom. The normalized spacial score (nSPS) is 20.2. The Hall–Kier alpha value is -1.24. The van der Waals surface area contributed by atoms with Crippen LogP contribution in [0.3, 0.4) is 0 Å². The maximum atomic E-state index is 10.8. The Morgan fingerprint density at radius 1 is 1.71 bits per heavy atom. The third-order valence-electron chi connectivity index (χ3n) is 2.86. The minimum absolute atomic E-state index is 0.0895. The van der Waals surface area contributed by atoms with E-state index in [4.69, 9.17) is 0 Å². The maximum Gasteiger partial charge on any atom is 0.406 e. The zero-order chi connectivity index (χ0) is 12.3. The van der Waals surface area contributed by atoms with Crippen LogP contribution in [0.5, 0.6) is 0 Å². The highest BCUT2D eigenvalue weighted by molar-refractivity contribution is 7.99. The van der Waals surface area contributed by atoms with Crippen LogP contribution >= 0.6 is 11.8 Å². The maximum absolute atomic E-state index is 10.8. The van der Waals surface area contributed by atoms with E-state index in [9.17, 15) is 10.1 Å². The molecule has 1 aromatic heterocycles. The molecule has 6 nitrogen and oxygen atoms in total. The van der Waals surface area contributed by atoms with Crippen molar-refractivity contribution in [2.24, 2.45) is 7.05 Å². The fourth-order valence-corrected chi connectivity index (χ4v) is 3.17.